The summed E-state index contributed by atoms with van der Waals surface area (Å²) in [5.41, 5.74) is 3.79. The number of aliphatic imine (C=N–C) groups is 1. The molecule has 192 valence electrons. The van der Waals surface area contributed by atoms with Crippen LogP contribution in [0.1, 0.15) is 34.3 Å². The zero-order valence-electron chi connectivity index (χ0n) is 20.4. The first-order valence-electron chi connectivity index (χ1n) is 11.9. The first-order valence-corrected chi connectivity index (χ1v) is 13.7. The van der Waals surface area contributed by atoms with E-state index in [1.165, 1.54) is 28.6 Å². The SMILES string of the molecule is C=CC(=Nc1ccccc1C)c1cc(NC(=O)c2ccc(S(=O)(=O)N3CCC(O)CC3)cc2)ccc1Cl. The highest BCUT2D eigenvalue weighted by atomic mass is 35.5. The third-order valence-corrected chi connectivity index (χ3v) is 8.47. The van der Waals surface area contributed by atoms with Crippen molar-refractivity contribution in [3.8, 4) is 0 Å². The molecule has 9 heteroatoms. The standard InChI is InChI=1S/C28H28ClN3O4S/c1-3-26(31-27-7-5-4-6-19(27)2)24-18-21(10-13-25(24)29)30-28(34)20-8-11-23(12-9-20)37(35,36)32-16-14-22(33)15-17-32/h3-13,18,22,33H,1,14-17H2,2H3,(H,30,34). The van der Waals surface area contributed by atoms with Gasteiger partial charge in [-0.1, -0.05) is 36.4 Å². The number of anilines is 1. The maximum absolute atomic E-state index is 12.9. The average Bonchev–Trinajstić information content (AvgIpc) is 2.90. The number of aliphatic hydroxyl groups is 1. The number of allylic oxidation sites excluding steroid dienone is 1. The normalized spacial score (nSPS) is 15.4. The van der Waals surface area contributed by atoms with Crippen LogP contribution in [0.3, 0.4) is 0 Å². The number of nitrogens with zero attached hydrogens (tertiary/aromatic N) is 2. The zero-order chi connectivity index (χ0) is 26.6. The molecule has 1 aliphatic rings. The van der Waals surface area contributed by atoms with Crippen molar-refractivity contribution in [2.45, 2.75) is 30.8 Å². The monoisotopic (exact) mass is 537 g/mol. The van der Waals surface area contributed by atoms with Crippen molar-refractivity contribution in [1.29, 1.82) is 0 Å². The zero-order valence-corrected chi connectivity index (χ0v) is 22.0. The molecule has 0 saturated carbocycles. The number of hydrogen-bond donors (Lipinski definition) is 2. The van der Waals surface area contributed by atoms with E-state index in [1.54, 1.807) is 24.3 Å². The first kappa shape index (κ1) is 26.8. The smallest absolute Gasteiger partial charge is 0.255 e. The van der Waals surface area contributed by atoms with Gasteiger partial charge in [0.2, 0.25) is 10.0 Å². The van der Waals surface area contributed by atoms with Crippen LogP contribution < -0.4 is 5.32 Å². The molecule has 0 aliphatic carbocycles. The number of aryl methyl sites for hydroxylation is 1. The Labute approximate surface area is 222 Å². The van der Waals surface area contributed by atoms with Crippen molar-refractivity contribution in [2.75, 3.05) is 18.4 Å². The van der Waals surface area contributed by atoms with E-state index in [0.29, 0.717) is 40.4 Å². The number of nitrogens with one attached hydrogen (secondary N) is 1. The van der Waals surface area contributed by atoms with Gasteiger partial charge >= 0.3 is 0 Å². The summed E-state index contributed by atoms with van der Waals surface area (Å²) in [5, 5.41) is 12.9. The van der Waals surface area contributed by atoms with Crippen molar-refractivity contribution in [2.24, 2.45) is 4.99 Å². The highest BCUT2D eigenvalue weighted by Gasteiger charge is 2.28. The van der Waals surface area contributed by atoms with E-state index >= 15 is 0 Å². The Kier molecular flexibility index (Phi) is 8.24. The number of sulfonamides is 1. The number of aliphatic hydroxyl groups excluding tert-OH is 1. The summed E-state index contributed by atoms with van der Waals surface area (Å²) in [6, 6.07) is 18.6. The molecule has 0 aromatic heterocycles. The second kappa shape index (κ2) is 11.4. The van der Waals surface area contributed by atoms with Crippen LogP contribution in [0.15, 0.2) is 89.3 Å². The third-order valence-electron chi connectivity index (χ3n) is 6.23. The highest BCUT2D eigenvalue weighted by molar-refractivity contribution is 7.89. The minimum Gasteiger partial charge on any atom is -0.393 e. The molecule has 0 spiro atoms. The fraction of sp³-hybridized carbons (Fsp3) is 0.214. The van der Waals surface area contributed by atoms with Crippen molar-refractivity contribution < 1.29 is 18.3 Å². The lowest BCUT2D eigenvalue weighted by Gasteiger charge is -2.28. The molecule has 0 radical (unpaired) electrons. The molecule has 7 nitrogen and oxygen atoms in total. The van der Waals surface area contributed by atoms with Crippen LogP contribution in [0.5, 0.6) is 0 Å². The Morgan fingerprint density at radius 2 is 1.78 bits per heavy atom. The number of hydrogen-bond acceptors (Lipinski definition) is 5. The molecule has 3 aromatic carbocycles. The Hall–Kier alpha value is -3.30. The molecule has 1 heterocycles. The Morgan fingerprint density at radius 1 is 1.11 bits per heavy atom. The molecule has 4 rings (SSSR count). The fourth-order valence-electron chi connectivity index (χ4n) is 4.05. The molecule has 37 heavy (non-hydrogen) atoms. The van der Waals surface area contributed by atoms with Gasteiger partial charge in [0.15, 0.2) is 0 Å². The molecular formula is C28H28ClN3O4S. The van der Waals surface area contributed by atoms with E-state index in [0.717, 1.165) is 11.3 Å². The molecule has 0 atom stereocenters. The number of carbonyl (C=O) groups excluding carboxylic acids is 1. The predicted octanol–water partition coefficient (Wildman–Crippen LogP) is 5.35. The average molecular weight is 538 g/mol. The lowest BCUT2D eigenvalue weighted by Crippen LogP contribution is -2.39. The Morgan fingerprint density at radius 3 is 2.43 bits per heavy atom. The van der Waals surface area contributed by atoms with Crippen LogP contribution in [0.25, 0.3) is 0 Å². The van der Waals surface area contributed by atoms with E-state index in [2.05, 4.69) is 16.9 Å². The van der Waals surface area contributed by atoms with Crippen LogP contribution in [-0.4, -0.2) is 48.6 Å². The Balaban J connectivity index is 1.52. The second-order valence-electron chi connectivity index (χ2n) is 8.80. The molecule has 3 aromatic rings. The van der Waals surface area contributed by atoms with Crippen LogP contribution in [0.4, 0.5) is 11.4 Å². The summed E-state index contributed by atoms with van der Waals surface area (Å²) in [4.78, 5) is 17.7. The fourth-order valence-corrected chi connectivity index (χ4v) is 5.73. The largest absolute Gasteiger partial charge is 0.393 e. The van der Waals surface area contributed by atoms with Gasteiger partial charge in [-0.3, -0.25) is 4.79 Å². The van der Waals surface area contributed by atoms with Crippen LogP contribution >= 0.6 is 11.6 Å². The quantitative estimate of drug-likeness (QED) is 0.397. The summed E-state index contributed by atoms with van der Waals surface area (Å²) < 4.78 is 27.1. The highest BCUT2D eigenvalue weighted by Crippen LogP contribution is 2.26. The van der Waals surface area contributed by atoms with E-state index in [1.807, 2.05) is 31.2 Å². The predicted molar refractivity (Wildman–Crippen MR) is 147 cm³/mol. The molecule has 1 saturated heterocycles. The van der Waals surface area contributed by atoms with Crippen LogP contribution in [0, 0.1) is 6.92 Å². The van der Waals surface area contributed by atoms with E-state index in [-0.39, 0.29) is 18.0 Å². The number of carbonyl (C=O) groups is 1. The van der Waals surface area contributed by atoms with Crippen molar-refractivity contribution >= 4 is 44.6 Å². The number of piperidine rings is 1. The third kappa shape index (κ3) is 6.17. The van der Waals surface area contributed by atoms with Gasteiger partial charge in [-0.15, -0.1) is 0 Å². The molecule has 1 amide bonds. The van der Waals surface area contributed by atoms with Gasteiger partial charge in [-0.05, 0) is 79.9 Å². The minimum absolute atomic E-state index is 0.109. The lowest BCUT2D eigenvalue weighted by atomic mass is 10.1. The molecule has 0 bridgehead atoms. The maximum atomic E-state index is 12.9. The van der Waals surface area contributed by atoms with Gasteiger partial charge in [0.05, 0.1) is 27.4 Å². The molecule has 1 aliphatic heterocycles. The number of amides is 1. The van der Waals surface area contributed by atoms with Crippen LogP contribution in [-0.2, 0) is 10.0 Å². The van der Waals surface area contributed by atoms with Crippen molar-refractivity contribution in [3.63, 3.8) is 0 Å². The van der Waals surface area contributed by atoms with Gasteiger partial charge in [-0.25, -0.2) is 13.4 Å². The van der Waals surface area contributed by atoms with Gasteiger partial charge < -0.3 is 10.4 Å². The van der Waals surface area contributed by atoms with E-state index < -0.39 is 22.0 Å². The van der Waals surface area contributed by atoms with Crippen molar-refractivity contribution in [3.05, 3.63) is 101 Å². The van der Waals surface area contributed by atoms with Crippen molar-refractivity contribution in [1.82, 2.24) is 4.31 Å². The van der Waals surface area contributed by atoms with Crippen LogP contribution in [0.2, 0.25) is 5.02 Å². The number of halogens is 1. The van der Waals surface area contributed by atoms with Gasteiger partial charge in [0.1, 0.15) is 0 Å². The molecule has 2 N–H and O–H groups in total. The van der Waals surface area contributed by atoms with E-state index in [9.17, 15) is 18.3 Å². The molecule has 1 fully saturated rings. The second-order valence-corrected chi connectivity index (χ2v) is 11.1. The van der Waals surface area contributed by atoms with Gasteiger partial charge in [0.25, 0.3) is 5.91 Å². The van der Waals surface area contributed by atoms with Gasteiger partial charge in [-0.2, -0.15) is 4.31 Å². The molecule has 0 unspecified atom stereocenters. The summed E-state index contributed by atoms with van der Waals surface area (Å²) in [6.07, 6.45) is 1.96. The topological polar surface area (TPSA) is 99.1 Å². The Bertz CT molecular complexity index is 1440. The van der Waals surface area contributed by atoms with Gasteiger partial charge in [0, 0.05) is 29.9 Å². The summed E-state index contributed by atoms with van der Waals surface area (Å²) in [5.74, 6) is -0.394. The maximum Gasteiger partial charge on any atom is 0.255 e. The number of rotatable bonds is 7. The summed E-state index contributed by atoms with van der Waals surface area (Å²) >= 11 is 6.45. The summed E-state index contributed by atoms with van der Waals surface area (Å²) in [7, 11) is -3.69. The lowest BCUT2D eigenvalue weighted by molar-refractivity contribution is 0.102. The summed E-state index contributed by atoms with van der Waals surface area (Å²) in [6.45, 7) is 6.37. The van der Waals surface area contributed by atoms with E-state index in [4.69, 9.17) is 11.6 Å². The number of para-hydroxylation sites is 1. The molecular weight excluding hydrogens is 510 g/mol. The first-order chi connectivity index (χ1) is 17.7. The number of benzene rings is 3. The minimum atomic E-state index is -3.69.